The van der Waals surface area contributed by atoms with Crippen LogP contribution in [-0.4, -0.2) is 41.0 Å². The molecule has 2 aliphatic rings. The molecule has 4 N–H and O–H groups in total. The third-order valence-corrected chi connectivity index (χ3v) is 8.26. The first kappa shape index (κ1) is 29.0. The Labute approximate surface area is 235 Å². The van der Waals surface area contributed by atoms with E-state index in [2.05, 4.69) is 15.6 Å². The molecule has 4 rings (SSSR count). The number of nitrogens with two attached hydrogens (primary N) is 1. The third-order valence-electron chi connectivity index (χ3n) is 8.01. The number of benzene rings is 1. The van der Waals surface area contributed by atoms with E-state index in [1.807, 2.05) is 24.3 Å². The van der Waals surface area contributed by atoms with Gasteiger partial charge in [0, 0.05) is 47.5 Å². The summed E-state index contributed by atoms with van der Waals surface area (Å²) in [6.45, 7) is 5.94. The number of amides is 2. The van der Waals surface area contributed by atoms with Crippen molar-refractivity contribution in [2.75, 3.05) is 11.9 Å². The normalized spacial score (nSPS) is 22.8. The van der Waals surface area contributed by atoms with Crippen molar-refractivity contribution in [2.45, 2.75) is 82.8 Å². The van der Waals surface area contributed by atoms with Gasteiger partial charge in [0.05, 0.1) is 0 Å². The Kier molecular flexibility index (Phi) is 8.66. The van der Waals surface area contributed by atoms with Gasteiger partial charge in [0.1, 0.15) is 11.0 Å². The van der Waals surface area contributed by atoms with Crippen LogP contribution in [0.5, 0.6) is 0 Å². The highest BCUT2D eigenvalue weighted by Crippen LogP contribution is 2.48. The van der Waals surface area contributed by atoms with E-state index in [1.54, 1.807) is 45.3 Å². The van der Waals surface area contributed by atoms with Crippen LogP contribution in [0.2, 0.25) is 5.02 Å². The number of pyridine rings is 1. The van der Waals surface area contributed by atoms with E-state index >= 15 is 0 Å². The van der Waals surface area contributed by atoms with Crippen molar-refractivity contribution in [1.82, 2.24) is 10.3 Å². The van der Waals surface area contributed by atoms with Crippen LogP contribution in [0.3, 0.4) is 0 Å². The Morgan fingerprint density at radius 1 is 1.05 bits per heavy atom. The lowest BCUT2D eigenvalue weighted by atomic mass is 9.67. The van der Waals surface area contributed by atoms with Crippen molar-refractivity contribution in [1.29, 1.82) is 0 Å². The molecule has 0 spiro atoms. The highest BCUT2D eigenvalue weighted by Gasteiger charge is 2.51. The van der Waals surface area contributed by atoms with Crippen molar-refractivity contribution in [2.24, 2.45) is 17.1 Å². The number of halogens is 1. The summed E-state index contributed by atoms with van der Waals surface area (Å²) in [6, 6.07) is 10.8. The van der Waals surface area contributed by atoms with Gasteiger partial charge in [0.25, 0.3) is 0 Å². The van der Waals surface area contributed by atoms with Gasteiger partial charge >= 0.3 is 5.97 Å². The van der Waals surface area contributed by atoms with Crippen LogP contribution in [0.4, 0.5) is 5.69 Å². The Morgan fingerprint density at radius 2 is 1.67 bits per heavy atom. The number of hydrogen-bond acceptors (Lipinski definition) is 6. The summed E-state index contributed by atoms with van der Waals surface area (Å²) in [7, 11) is 0. The monoisotopic (exact) mass is 554 g/mol. The number of aromatic nitrogens is 1. The van der Waals surface area contributed by atoms with E-state index in [4.69, 9.17) is 22.1 Å². The van der Waals surface area contributed by atoms with Crippen molar-refractivity contribution in [3.63, 3.8) is 0 Å². The lowest BCUT2D eigenvalue weighted by Gasteiger charge is -2.40. The molecular formula is C30H39ClN4O4. The molecule has 1 unspecified atom stereocenters. The topological polar surface area (TPSA) is 123 Å². The molecule has 1 aromatic carbocycles. The minimum atomic E-state index is -1.31. The molecule has 2 amide bonds. The van der Waals surface area contributed by atoms with Gasteiger partial charge in [-0.05, 0) is 95.0 Å². The van der Waals surface area contributed by atoms with Gasteiger partial charge in [-0.3, -0.25) is 19.4 Å². The Hall–Kier alpha value is -2.97. The molecule has 8 nitrogen and oxygen atoms in total. The summed E-state index contributed by atoms with van der Waals surface area (Å²) in [5.74, 6) is -0.971. The van der Waals surface area contributed by atoms with Crippen LogP contribution in [0.15, 0.2) is 48.8 Å². The van der Waals surface area contributed by atoms with E-state index in [9.17, 15) is 14.4 Å². The summed E-state index contributed by atoms with van der Waals surface area (Å²) >= 11 is 6.02. The molecule has 9 heteroatoms. The van der Waals surface area contributed by atoms with Crippen LogP contribution in [0.25, 0.3) is 0 Å². The van der Waals surface area contributed by atoms with Gasteiger partial charge in [0.15, 0.2) is 0 Å². The zero-order valence-electron chi connectivity index (χ0n) is 23.0. The van der Waals surface area contributed by atoms with Gasteiger partial charge < -0.3 is 21.1 Å². The van der Waals surface area contributed by atoms with Crippen LogP contribution < -0.4 is 16.4 Å². The SMILES string of the molecule is CC(C)(C)OC(=O)C1(C(=O)Nc2ccncc2)CCC(C(N)CC(=O)NCC2(c3ccc(Cl)cc3)CC2)CC1. The van der Waals surface area contributed by atoms with Crippen molar-refractivity contribution >= 4 is 35.1 Å². The molecule has 0 aliphatic heterocycles. The van der Waals surface area contributed by atoms with Gasteiger partial charge in [-0.15, -0.1) is 0 Å². The van der Waals surface area contributed by atoms with E-state index in [1.165, 1.54) is 5.56 Å². The minimum Gasteiger partial charge on any atom is -0.459 e. The number of ether oxygens (including phenoxy) is 1. The second-order valence-electron chi connectivity index (χ2n) is 12.0. The number of rotatable bonds is 9. The molecule has 39 heavy (non-hydrogen) atoms. The van der Waals surface area contributed by atoms with E-state index < -0.39 is 17.0 Å². The maximum absolute atomic E-state index is 13.5. The second kappa shape index (κ2) is 11.6. The largest absolute Gasteiger partial charge is 0.459 e. The summed E-state index contributed by atoms with van der Waals surface area (Å²) in [5.41, 5.74) is 6.19. The molecule has 0 radical (unpaired) electrons. The number of carbonyl (C=O) groups excluding carboxylic acids is 3. The van der Waals surface area contributed by atoms with Gasteiger partial charge in [-0.1, -0.05) is 23.7 Å². The van der Waals surface area contributed by atoms with Gasteiger partial charge in [0.2, 0.25) is 11.8 Å². The zero-order valence-corrected chi connectivity index (χ0v) is 23.7. The molecule has 1 heterocycles. The average molecular weight is 555 g/mol. The fourth-order valence-electron chi connectivity index (χ4n) is 5.39. The first-order chi connectivity index (χ1) is 18.4. The van der Waals surface area contributed by atoms with Crippen LogP contribution in [0, 0.1) is 11.3 Å². The second-order valence-corrected chi connectivity index (χ2v) is 12.5. The van der Waals surface area contributed by atoms with Crippen LogP contribution in [0.1, 0.15) is 71.3 Å². The molecular weight excluding hydrogens is 516 g/mol. The number of esters is 1. The summed E-state index contributed by atoms with van der Waals surface area (Å²) in [4.78, 5) is 43.6. The first-order valence-corrected chi connectivity index (χ1v) is 14.0. The smallest absolute Gasteiger partial charge is 0.322 e. The number of nitrogens with one attached hydrogen (secondary N) is 2. The number of carbonyl (C=O) groups is 3. The fourth-order valence-corrected chi connectivity index (χ4v) is 5.52. The average Bonchev–Trinajstić information content (AvgIpc) is 3.68. The molecule has 2 saturated carbocycles. The molecule has 1 atom stereocenters. The van der Waals surface area contributed by atoms with Crippen molar-refractivity contribution in [3.05, 3.63) is 59.4 Å². The van der Waals surface area contributed by atoms with E-state index in [-0.39, 0.29) is 35.6 Å². The standard InChI is InChI=1S/C30H39ClN4O4/c1-28(2,3)39-27(38)30(26(37)35-23-10-16-33-17-11-23)12-8-20(9-13-30)24(32)18-25(36)34-19-29(14-15-29)21-4-6-22(31)7-5-21/h4-7,10-11,16-17,20,24H,8-9,12-15,18-19,32H2,1-3H3,(H,34,36)(H,33,35,37). The number of anilines is 1. The van der Waals surface area contributed by atoms with Crippen LogP contribution in [-0.2, 0) is 24.5 Å². The third kappa shape index (κ3) is 7.17. The Bertz CT molecular complexity index is 1170. The Balaban J connectivity index is 1.34. The van der Waals surface area contributed by atoms with Gasteiger partial charge in [-0.25, -0.2) is 0 Å². The van der Waals surface area contributed by atoms with E-state index in [0.29, 0.717) is 42.9 Å². The van der Waals surface area contributed by atoms with Crippen molar-refractivity contribution < 1.29 is 19.1 Å². The molecule has 2 aliphatic carbocycles. The predicted octanol–water partition coefficient (Wildman–Crippen LogP) is 4.76. The fraction of sp³-hybridized carbons (Fsp3) is 0.533. The maximum Gasteiger partial charge on any atom is 0.322 e. The Morgan fingerprint density at radius 3 is 2.23 bits per heavy atom. The predicted molar refractivity (Wildman–Crippen MR) is 151 cm³/mol. The lowest BCUT2D eigenvalue weighted by molar-refractivity contribution is -0.173. The molecule has 0 bridgehead atoms. The van der Waals surface area contributed by atoms with Crippen LogP contribution >= 0.6 is 11.6 Å². The quantitative estimate of drug-likeness (QED) is 0.303. The zero-order chi connectivity index (χ0) is 28.3. The van der Waals surface area contributed by atoms with E-state index in [0.717, 1.165) is 12.8 Å². The maximum atomic E-state index is 13.5. The highest BCUT2D eigenvalue weighted by atomic mass is 35.5. The molecule has 2 aromatic rings. The highest BCUT2D eigenvalue weighted by molar-refractivity contribution is 6.30. The first-order valence-electron chi connectivity index (χ1n) is 13.7. The molecule has 0 saturated heterocycles. The number of hydrogen-bond donors (Lipinski definition) is 3. The summed E-state index contributed by atoms with van der Waals surface area (Å²) in [5, 5.41) is 6.64. The molecule has 1 aromatic heterocycles. The number of nitrogens with zero attached hydrogens (tertiary/aromatic N) is 1. The minimum absolute atomic E-state index is 0.0196. The molecule has 2 fully saturated rings. The molecule has 210 valence electrons. The lowest BCUT2D eigenvalue weighted by Crippen LogP contribution is -2.50. The summed E-state index contributed by atoms with van der Waals surface area (Å²) < 4.78 is 5.70. The van der Waals surface area contributed by atoms with Gasteiger partial charge in [-0.2, -0.15) is 0 Å². The summed E-state index contributed by atoms with van der Waals surface area (Å²) in [6.07, 6.45) is 7.11. The van der Waals surface area contributed by atoms with Crippen molar-refractivity contribution in [3.8, 4) is 0 Å².